The van der Waals surface area contributed by atoms with Crippen LogP contribution in [0.2, 0.25) is 0 Å². The number of nitrogens with one attached hydrogen (secondary N) is 1. The summed E-state index contributed by atoms with van der Waals surface area (Å²) in [5.74, 6) is -0.227. The van der Waals surface area contributed by atoms with Crippen LogP contribution in [0.15, 0.2) is 24.3 Å². The fourth-order valence-corrected chi connectivity index (χ4v) is 4.93. The first-order chi connectivity index (χ1) is 13.0. The number of Topliss-reactive ketones (excluding diaryl/α,β-unsaturated/α-hetero) is 1. The molecule has 1 N–H and O–H groups in total. The molecule has 0 saturated heterocycles. The van der Waals surface area contributed by atoms with Crippen LogP contribution >= 0.6 is 0 Å². The number of hydrogen-bond acceptors (Lipinski definition) is 4. The minimum Gasteiger partial charge on any atom is -0.313 e. The van der Waals surface area contributed by atoms with Gasteiger partial charge in [-0.05, 0) is 44.7 Å². The molecule has 1 aromatic rings. The molecule has 1 fully saturated rings. The highest BCUT2D eigenvalue weighted by atomic mass is 32.2. The van der Waals surface area contributed by atoms with Gasteiger partial charge >= 0.3 is 6.18 Å². The number of carbonyl (C=O) groups excluding carboxylic acids is 1. The second-order valence-corrected chi connectivity index (χ2v) is 10.3. The summed E-state index contributed by atoms with van der Waals surface area (Å²) in [4.78, 5) is 12.3. The molecule has 2 rings (SSSR count). The Kier molecular flexibility index (Phi) is 7.67. The number of ketones is 1. The first-order valence-electron chi connectivity index (χ1n) is 9.66. The number of halogens is 3. The number of rotatable bonds is 8. The van der Waals surface area contributed by atoms with Crippen LogP contribution in [-0.4, -0.2) is 37.8 Å². The third-order valence-electron chi connectivity index (χ3n) is 5.34. The largest absolute Gasteiger partial charge is 0.416 e. The molecule has 0 aromatic heterocycles. The maximum absolute atomic E-state index is 12.8. The summed E-state index contributed by atoms with van der Waals surface area (Å²) in [6, 6.07) is 4.45. The number of carbonyl (C=O) groups is 1. The van der Waals surface area contributed by atoms with Crippen LogP contribution in [0.1, 0.15) is 61.9 Å². The summed E-state index contributed by atoms with van der Waals surface area (Å²) in [5, 5.41) is 2.85. The Morgan fingerprint density at radius 3 is 2.54 bits per heavy atom. The molecule has 0 spiro atoms. The van der Waals surface area contributed by atoms with E-state index in [0.717, 1.165) is 37.8 Å². The Labute approximate surface area is 164 Å². The van der Waals surface area contributed by atoms with Gasteiger partial charge in [-0.25, -0.2) is 8.42 Å². The third kappa shape index (κ3) is 6.30. The molecule has 1 aromatic carbocycles. The lowest BCUT2D eigenvalue weighted by atomic mass is 9.85. The molecule has 0 aliphatic heterocycles. The van der Waals surface area contributed by atoms with Crippen molar-refractivity contribution < 1.29 is 26.4 Å². The van der Waals surface area contributed by atoms with Gasteiger partial charge < -0.3 is 5.32 Å². The molecule has 8 heteroatoms. The van der Waals surface area contributed by atoms with Crippen LogP contribution < -0.4 is 5.32 Å². The Hall–Kier alpha value is -1.41. The second-order valence-electron chi connectivity index (χ2n) is 7.74. The summed E-state index contributed by atoms with van der Waals surface area (Å²) < 4.78 is 62.9. The van der Waals surface area contributed by atoms with Crippen molar-refractivity contribution in [3.63, 3.8) is 0 Å². The van der Waals surface area contributed by atoms with E-state index < -0.39 is 26.8 Å². The topological polar surface area (TPSA) is 63.2 Å². The lowest BCUT2D eigenvalue weighted by Gasteiger charge is -2.32. The summed E-state index contributed by atoms with van der Waals surface area (Å²) in [7, 11) is -3.15. The number of benzene rings is 1. The smallest absolute Gasteiger partial charge is 0.313 e. The van der Waals surface area contributed by atoms with E-state index in [1.54, 1.807) is 13.8 Å². The average Bonchev–Trinajstić information content (AvgIpc) is 2.62. The average molecular weight is 420 g/mol. The van der Waals surface area contributed by atoms with E-state index in [4.69, 9.17) is 0 Å². The lowest BCUT2D eigenvalue weighted by Crippen LogP contribution is -2.43. The highest BCUT2D eigenvalue weighted by Gasteiger charge is 2.32. The fraction of sp³-hybridized carbons (Fsp3) is 0.650. The van der Waals surface area contributed by atoms with Gasteiger partial charge in [-0.15, -0.1) is 0 Å². The summed E-state index contributed by atoms with van der Waals surface area (Å²) in [6.45, 7) is 3.67. The minimum atomic E-state index is -4.48. The highest BCUT2D eigenvalue weighted by Crippen LogP contribution is 2.30. The van der Waals surface area contributed by atoms with E-state index in [9.17, 15) is 26.4 Å². The van der Waals surface area contributed by atoms with Crippen molar-refractivity contribution >= 4 is 15.6 Å². The zero-order chi connectivity index (χ0) is 20.9. The second kappa shape index (κ2) is 9.39. The molecule has 28 heavy (non-hydrogen) atoms. The molecule has 1 saturated carbocycles. The molecule has 0 unspecified atom stereocenters. The van der Waals surface area contributed by atoms with Crippen LogP contribution in [0.25, 0.3) is 0 Å². The minimum absolute atomic E-state index is 0.00445. The highest BCUT2D eigenvalue weighted by molar-refractivity contribution is 7.91. The number of hydrogen-bond donors (Lipinski definition) is 1. The molecular formula is C20H28F3NO3S. The van der Waals surface area contributed by atoms with Crippen LogP contribution in [-0.2, 0) is 16.0 Å². The van der Waals surface area contributed by atoms with Gasteiger partial charge in [0.15, 0.2) is 15.6 Å². The van der Waals surface area contributed by atoms with Crippen LogP contribution in [0.5, 0.6) is 0 Å². The molecule has 1 aliphatic carbocycles. The first kappa shape index (κ1) is 22.9. The van der Waals surface area contributed by atoms with E-state index in [1.807, 2.05) is 0 Å². The maximum Gasteiger partial charge on any atom is 0.416 e. The van der Waals surface area contributed by atoms with Crippen molar-refractivity contribution in [3.8, 4) is 0 Å². The predicted molar refractivity (Wildman–Crippen MR) is 103 cm³/mol. The standard InChI is InChI=1S/C20H28F3NO3S/c1-14(2)28(26,27)13-16-6-3-4-9-18(16)24-11-10-19(25)15-7-5-8-17(12-15)20(21,22)23/h5,7-8,12,14,16,18,24H,3-4,6,9-11,13H2,1-2H3/t16-,18-/m0/s1. The molecule has 1 aliphatic rings. The Morgan fingerprint density at radius 1 is 1.21 bits per heavy atom. The zero-order valence-electron chi connectivity index (χ0n) is 16.3. The summed E-state index contributed by atoms with van der Waals surface area (Å²) in [6.07, 6.45) is -0.758. The van der Waals surface area contributed by atoms with E-state index in [-0.39, 0.29) is 35.5 Å². The van der Waals surface area contributed by atoms with Crippen molar-refractivity contribution in [2.24, 2.45) is 5.92 Å². The maximum atomic E-state index is 12.8. The molecule has 158 valence electrons. The van der Waals surface area contributed by atoms with Gasteiger partial charge in [0, 0.05) is 24.6 Å². The number of alkyl halides is 3. The van der Waals surface area contributed by atoms with Crippen molar-refractivity contribution in [2.75, 3.05) is 12.3 Å². The van der Waals surface area contributed by atoms with E-state index in [0.29, 0.717) is 6.54 Å². The first-order valence-corrected chi connectivity index (χ1v) is 11.4. The molecule has 0 bridgehead atoms. The quantitative estimate of drug-likeness (QED) is 0.640. The molecule has 4 nitrogen and oxygen atoms in total. The zero-order valence-corrected chi connectivity index (χ0v) is 17.1. The van der Waals surface area contributed by atoms with E-state index in [2.05, 4.69) is 5.32 Å². The number of sulfone groups is 1. The van der Waals surface area contributed by atoms with E-state index >= 15 is 0 Å². The van der Waals surface area contributed by atoms with Crippen LogP contribution in [0.3, 0.4) is 0 Å². The van der Waals surface area contributed by atoms with Crippen molar-refractivity contribution in [1.82, 2.24) is 5.32 Å². The SMILES string of the molecule is CC(C)S(=O)(=O)C[C@@H]1CCCC[C@@H]1NCCC(=O)c1cccc(C(F)(F)F)c1. The van der Waals surface area contributed by atoms with Crippen molar-refractivity contribution in [3.05, 3.63) is 35.4 Å². The van der Waals surface area contributed by atoms with Gasteiger partial charge in [-0.3, -0.25) is 4.79 Å². The van der Waals surface area contributed by atoms with Crippen LogP contribution in [0, 0.1) is 5.92 Å². The molecular weight excluding hydrogens is 391 g/mol. The Morgan fingerprint density at radius 2 is 1.89 bits per heavy atom. The van der Waals surface area contributed by atoms with Gasteiger partial charge in [0.2, 0.25) is 0 Å². The molecule has 0 radical (unpaired) electrons. The lowest BCUT2D eigenvalue weighted by molar-refractivity contribution is -0.137. The summed E-state index contributed by atoms with van der Waals surface area (Å²) >= 11 is 0. The third-order valence-corrected chi connectivity index (χ3v) is 7.67. The summed E-state index contributed by atoms with van der Waals surface area (Å²) in [5.41, 5.74) is -0.795. The van der Waals surface area contributed by atoms with Gasteiger partial charge in [0.05, 0.1) is 16.6 Å². The Balaban J connectivity index is 1.93. The van der Waals surface area contributed by atoms with Gasteiger partial charge in [-0.2, -0.15) is 13.2 Å². The normalized spacial score (nSPS) is 21.1. The fourth-order valence-electron chi connectivity index (χ4n) is 3.55. The van der Waals surface area contributed by atoms with Gasteiger partial charge in [0.25, 0.3) is 0 Å². The van der Waals surface area contributed by atoms with Gasteiger partial charge in [-0.1, -0.05) is 25.0 Å². The van der Waals surface area contributed by atoms with Gasteiger partial charge in [0.1, 0.15) is 0 Å². The molecule has 0 heterocycles. The Bertz CT molecular complexity index is 775. The molecule has 2 atom stereocenters. The van der Waals surface area contributed by atoms with Crippen molar-refractivity contribution in [1.29, 1.82) is 0 Å². The van der Waals surface area contributed by atoms with E-state index in [1.165, 1.54) is 12.1 Å². The molecule has 0 amide bonds. The predicted octanol–water partition coefficient (Wildman–Crippen LogP) is 4.25. The monoisotopic (exact) mass is 419 g/mol. The van der Waals surface area contributed by atoms with Crippen LogP contribution in [0.4, 0.5) is 13.2 Å². The van der Waals surface area contributed by atoms with Crippen molar-refractivity contribution in [2.45, 2.75) is 63.4 Å².